The number of carbonyl (C=O) groups excluding carboxylic acids is 2. The monoisotopic (exact) mass is 246 g/mol. The molecule has 1 aromatic carbocycles. The largest absolute Gasteiger partial charge is 0.469 e. The molecular formula is C15H18O3. The quantitative estimate of drug-likeness (QED) is 0.593. The zero-order valence-corrected chi connectivity index (χ0v) is 10.9. The van der Waals surface area contributed by atoms with E-state index >= 15 is 0 Å². The SMILES string of the molecule is COC(=O)CC1Cc2ccc(C)cc2CCC1=O. The molecule has 0 radical (unpaired) electrons. The van der Waals surface area contributed by atoms with Gasteiger partial charge in [0, 0.05) is 12.3 Å². The van der Waals surface area contributed by atoms with Crippen LogP contribution in [-0.2, 0) is 27.2 Å². The first-order valence-corrected chi connectivity index (χ1v) is 6.28. The van der Waals surface area contributed by atoms with Gasteiger partial charge >= 0.3 is 5.97 Å². The van der Waals surface area contributed by atoms with Gasteiger partial charge in [0.2, 0.25) is 0 Å². The number of carbonyl (C=O) groups is 2. The highest BCUT2D eigenvalue weighted by Gasteiger charge is 2.26. The highest BCUT2D eigenvalue weighted by Crippen LogP contribution is 2.25. The van der Waals surface area contributed by atoms with E-state index in [0.29, 0.717) is 12.8 Å². The Kier molecular flexibility index (Phi) is 3.80. The topological polar surface area (TPSA) is 43.4 Å². The summed E-state index contributed by atoms with van der Waals surface area (Å²) in [6.45, 7) is 2.05. The fourth-order valence-electron chi connectivity index (χ4n) is 2.50. The third-order valence-corrected chi connectivity index (χ3v) is 3.56. The van der Waals surface area contributed by atoms with E-state index in [4.69, 9.17) is 0 Å². The van der Waals surface area contributed by atoms with E-state index < -0.39 is 0 Å². The molecule has 3 heteroatoms. The summed E-state index contributed by atoms with van der Waals surface area (Å²) in [7, 11) is 1.36. The Morgan fingerprint density at radius 2 is 2.11 bits per heavy atom. The Bertz CT molecular complexity index is 477. The highest BCUT2D eigenvalue weighted by atomic mass is 16.5. The Labute approximate surface area is 107 Å². The van der Waals surface area contributed by atoms with Crippen molar-refractivity contribution in [3.63, 3.8) is 0 Å². The first-order chi connectivity index (χ1) is 8.60. The Hall–Kier alpha value is -1.64. The summed E-state index contributed by atoms with van der Waals surface area (Å²) in [5.41, 5.74) is 3.66. The molecule has 0 amide bonds. The molecule has 0 spiro atoms. The van der Waals surface area contributed by atoms with Crippen LogP contribution in [0.3, 0.4) is 0 Å². The van der Waals surface area contributed by atoms with E-state index in [0.717, 1.165) is 6.42 Å². The van der Waals surface area contributed by atoms with Gasteiger partial charge in [0.25, 0.3) is 0 Å². The van der Waals surface area contributed by atoms with E-state index in [1.807, 2.05) is 0 Å². The second-order valence-corrected chi connectivity index (χ2v) is 4.92. The number of ether oxygens (including phenoxy) is 1. The van der Waals surface area contributed by atoms with Gasteiger partial charge in [-0.15, -0.1) is 0 Å². The summed E-state index contributed by atoms with van der Waals surface area (Å²) < 4.78 is 4.66. The van der Waals surface area contributed by atoms with Crippen molar-refractivity contribution in [1.29, 1.82) is 0 Å². The van der Waals surface area contributed by atoms with Gasteiger partial charge in [-0.1, -0.05) is 23.8 Å². The van der Waals surface area contributed by atoms with Gasteiger partial charge in [0.1, 0.15) is 5.78 Å². The number of benzene rings is 1. The van der Waals surface area contributed by atoms with Crippen molar-refractivity contribution >= 4 is 11.8 Å². The summed E-state index contributed by atoms with van der Waals surface area (Å²) in [4.78, 5) is 23.3. The van der Waals surface area contributed by atoms with Gasteiger partial charge in [-0.05, 0) is 30.9 Å². The molecule has 0 heterocycles. The predicted octanol–water partition coefficient (Wildman–Crippen LogP) is 2.23. The average molecular weight is 246 g/mol. The fourth-order valence-corrected chi connectivity index (χ4v) is 2.50. The number of ketones is 1. The van der Waals surface area contributed by atoms with Gasteiger partial charge in [0.15, 0.2) is 0 Å². The molecule has 1 aliphatic carbocycles. The molecule has 1 aliphatic rings. The maximum absolute atomic E-state index is 12.0. The van der Waals surface area contributed by atoms with Crippen molar-refractivity contribution < 1.29 is 14.3 Å². The molecule has 0 saturated heterocycles. The van der Waals surface area contributed by atoms with Crippen molar-refractivity contribution in [3.05, 3.63) is 34.9 Å². The molecule has 1 aromatic rings. The number of rotatable bonds is 2. The molecule has 0 bridgehead atoms. The average Bonchev–Trinajstić information content (AvgIpc) is 2.50. The Morgan fingerprint density at radius 1 is 1.33 bits per heavy atom. The first kappa shape index (κ1) is 12.8. The van der Waals surface area contributed by atoms with Gasteiger partial charge in [-0.3, -0.25) is 9.59 Å². The second-order valence-electron chi connectivity index (χ2n) is 4.92. The van der Waals surface area contributed by atoms with Gasteiger partial charge in [0.05, 0.1) is 13.5 Å². The number of esters is 1. The maximum atomic E-state index is 12.0. The van der Waals surface area contributed by atoms with Crippen LogP contribution >= 0.6 is 0 Å². The molecule has 3 nitrogen and oxygen atoms in total. The lowest BCUT2D eigenvalue weighted by molar-refractivity contribution is -0.143. The van der Waals surface area contributed by atoms with Crippen molar-refractivity contribution in [2.24, 2.45) is 5.92 Å². The first-order valence-electron chi connectivity index (χ1n) is 6.28. The standard InChI is InChI=1S/C15H18O3/c1-10-3-4-12-8-13(9-15(17)18-2)14(16)6-5-11(12)7-10/h3-4,7,13H,5-6,8-9H2,1-2H3. The van der Waals surface area contributed by atoms with Crippen molar-refractivity contribution in [3.8, 4) is 0 Å². The van der Waals surface area contributed by atoms with Crippen LogP contribution in [0.15, 0.2) is 18.2 Å². The highest BCUT2D eigenvalue weighted by molar-refractivity contribution is 5.86. The molecule has 1 unspecified atom stereocenters. The summed E-state index contributed by atoms with van der Waals surface area (Å²) in [6.07, 6.45) is 2.16. The zero-order valence-electron chi connectivity index (χ0n) is 10.9. The van der Waals surface area contributed by atoms with Crippen LogP contribution in [0.5, 0.6) is 0 Å². The minimum Gasteiger partial charge on any atom is -0.469 e. The minimum atomic E-state index is -0.302. The van der Waals surface area contributed by atoms with Crippen LogP contribution in [-0.4, -0.2) is 18.9 Å². The van der Waals surface area contributed by atoms with Crippen LogP contribution < -0.4 is 0 Å². The molecule has 0 saturated carbocycles. The van der Waals surface area contributed by atoms with Gasteiger partial charge in [-0.2, -0.15) is 0 Å². The van der Waals surface area contributed by atoms with Crippen LogP contribution in [0.4, 0.5) is 0 Å². The van der Waals surface area contributed by atoms with Crippen LogP contribution in [0.25, 0.3) is 0 Å². The van der Waals surface area contributed by atoms with Crippen LogP contribution in [0.2, 0.25) is 0 Å². The van der Waals surface area contributed by atoms with Gasteiger partial charge in [-0.25, -0.2) is 0 Å². The lowest BCUT2D eigenvalue weighted by Crippen LogP contribution is -2.20. The number of Topliss-reactive ketones (excluding diaryl/α,β-unsaturated/α-hetero) is 1. The smallest absolute Gasteiger partial charge is 0.306 e. The van der Waals surface area contributed by atoms with Crippen molar-refractivity contribution in [1.82, 2.24) is 0 Å². The molecule has 0 N–H and O–H groups in total. The van der Waals surface area contributed by atoms with E-state index in [2.05, 4.69) is 29.9 Å². The third kappa shape index (κ3) is 2.78. The van der Waals surface area contributed by atoms with E-state index in [1.165, 1.54) is 23.8 Å². The molecule has 0 fully saturated rings. The Balaban J connectivity index is 2.21. The molecule has 96 valence electrons. The Morgan fingerprint density at radius 3 is 2.83 bits per heavy atom. The lowest BCUT2D eigenvalue weighted by Gasteiger charge is -2.12. The minimum absolute atomic E-state index is 0.175. The summed E-state index contributed by atoms with van der Waals surface area (Å²) >= 11 is 0. The van der Waals surface area contributed by atoms with Crippen molar-refractivity contribution in [2.75, 3.05) is 7.11 Å². The maximum Gasteiger partial charge on any atom is 0.306 e. The summed E-state index contributed by atoms with van der Waals surface area (Å²) in [5.74, 6) is -0.348. The number of hydrogen-bond donors (Lipinski definition) is 0. The number of fused-ring (bicyclic) bond motifs is 1. The van der Waals surface area contributed by atoms with Gasteiger partial charge < -0.3 is 4.74 Å². The third-order valence-electron chi connectivity index (χ3n) is 3.56. The number of hydrogen-bond acceptors (Lipinski definition) is 3. The van der Waals surface area contributed by atoms with Crippen LogP contribution in [0, 0.1) is 12.8 Å². The van der Waals surface area contributed by atoms with Crippen LogP contribution in [0.1, 0.15) is 29.5 Å². The van der Waals surface area contributed by atoms with E-state index in [9.17, 15) is 9.59 Å². The fraction of sp³-hybridized carbons (Fsp3) is 0.467. The number of methoxy groups -OCH3 is 1. The second kappa shape index (κ2) is 5.34. The van der Waals surface area contributed by atoms with E-state index in [-0.39, 0.29) is 24.1 Å². The normalized spacial score (nSPS) is 19.0. The lowest BCUT2D eigenvalue weighted by atomic mass is 9.92. The van der Waals surface area contributed by atoms with E-state index in [1.54, 1.807) is 0 Å². The summed E-state index contributed by atoms with van der Waals surface area (Å²) in [5, 5.41) is 0. The molecular weight excluding hydrogens is 228 g/mol. The molecule has 2 rings (SSSR count). The molecule has 18 heavy (non-hydrogen) atoms. The zero-order chi connectivity index (χ0) is 13.1. The number of aryl methyl sites for hydroxylation is 2. The molecule has 1 atom stereocenters. The summed E-state index contributed by atoms with van der Waals surface area (Å²) in [6, 6.07) is 6.28. The predicted molar refractivity (Wildman–Crippen MR) is 68.3 cm³/mol. The molecule has 0 aromatic heterocycles. The van der Waals surface area contributed by atoms with Crippen molar-refractivity contribution in [2.45, 2.75) is 32.6 Å². The molecule has 0 aliphatic heterocycles.